The van der Waals surface area contributed by atoms with E-state index in [1.54, 1.807) is 0 Å². The number of carbonyl (C=O) groups excluding carboxylic acids is 1. The molecule has 1 amide bonds. The Morgan fingerprint density at radius 1 is 1.38 bits per heavy atom. The van der Waals surface area contributed by atoms with Crippen molar-refractivity contribution in [1.29, 1.82) is 0 Å². The van der Waals surface area contributed by atoms with Gasteiger partial charge in [-0.15, -0.1) is 0 Å². The predicted molar refractivity (Wildman–Crippen MR) is 66.3 cm³/mol. The van der Waals surface area contributed by atoms with Gasteiger partial charge in [-0.05, 0) is 36.5 Å². The summed E-state index contributed by atoms with van der Waals surface area (Å²) in [6.45, 7) is 2.20. The van der Waals surface area contributed by atoms with Crippen molar-refractivity contribution in [3.63, 3.8) is 0 Å². The molecule has 0 saturated heterocycles. The van der Waals surface area contributed by atoms with Crippen LogP contribution in [0.15, 0.2) is 18.2 Å². The summed E-state index contributed by atoms with van der Waals surface area (Å²) < 4.78 is 0. The molecule has 0 bridgehead atoms. The Labute approximate surface area is 97.1 Å². The van der Waals surface area contributed by atoms with Crippen LogP contribution >= 0.6 is 0 Å². The Kier molecular flexibility index (Phi) is 3.60. The van der Waals surface area contributed by atoms with Gasteiger partial charge in [-0.1, -0.05) is 31.9 Å². The van der Waals surface area contributed by atoms with Crippen LogP contribution < -0.4 is 5.32 Å². The molecule has 2 heteroatoms. The number of anilines is 1. The quantitative estimate of drug-likeness (QED) is 0.769. The summed E-state index contributed by atoms with van der Waals surface area (Å²) in [5.41, 5.74) is 3.54. The molecule has 2 nitrogen and oxygen atoms in total. The number of amides is 1. The van der Waals surface area contributed by atoms with E-state index >= 15 is 0 Å². The molecule has 0 fully saturated rings. The summed E-state index contributed by atoms with van der Waals surface area (Å²) in [5, 5.41) is 2.90. The minimum absolute atomic E-state index is 0.134. The van der Waals surface area contributed by atoms with E-state index in [4.69, 9.17) is 0 Å². The zero-order valence-electron chi connectivity index (χ0n) is 9.75. The van der Waals surface area contributed by atoms with Crippen molar-refractivity contribution >= 4 is 11.6 Å². The molecular weight excluding hydrogens is 198 g/mol. The molecule has 0 spiro atoms. The first-order valence-corrected chi connectivity index (χ1v) is 6.05. The Hall–Kier alpha value is -1.31. The average Bonchev–Trinajstić information content (AvgIpc) is 2.29. The van der Waals surface area contributed by atoms with Crippen LogP contribution in [0.5, 0.6) is 0 Å². The van der Waals surface area contributed by atoms with Gasteiger partial charge in [0, 0.05) is 12.1 Å². The Bertz CT molecular complexity index is 384. The van der Waals surface area contributed by atoms with Crippen molar-refractivity contribution < 1.29 is 4.79 Å². The molecule has 1 aliphatic heterocycles. The molecule has 0 unspecified atom stereocenters. The van der Waals surface area contributed by atoms with Gasteiger partial charge in [0.25, 0.3) is 0 Å². The van der Waals surface area contributed by atoms with Crippen molar-refractivity contribution in [3.8, 4) is 0 Å². The van der Waals surface area contributed by atoms with Crippen LogP contribution in [0.3, 0.4) is 0 Å². The first kappa shape index (κ1) is 11.2. The van der Waals surface area contributed by atoms with Gasteiger partial charge in [0.15, 0.2) is 0 Å². The maximum absolute atomic E-state index is 11.2. The van der Waals surface area contributed by atoms with Gasteiger partial charge in [0.2, 0.25) is 5.91 Å². The van der Waals surface area contributed by atoms with E-state index in [0.717, 1.165) is 18.5 Å². The van der Waals surface area contributed by atoms with Gasteiger partial charge < -0.3 is 5.32 Å². The van der Waals surface area contributed by atoms with Gasteiger partial charge in [-0.25, -0.2) is 0 Å². The highest BCUT2D eigenvalue weighted by Crippen LogP contribution is 2.24. The Morgan fingerprint density at radius 2 is 2.25 bits per heavy atom. The highest BCUT2D eigenvalue weighted by Gasteiger charge is 2.14. The molecule has 1 radical (unpaired) electrons. The van der Waals surface area contributed by atoms with Gasteiger partial charge in [-0.3, -0.25) is 4.79 Å². The molecule has 0 saturated carbocycles. The van der Waals surface area contributed by atoms with E-state index in [9.17, 15) is 4.79 Å². The number of hydrogen-bond acceptors (Lipinski definition) is 1. The van der Waals surface area contributed by atoms with E-state index in [-0.39, 0.29) is 5.91 Å². The number of nitrogens with one attached hydrogen (secondary N) is 1. The number of aryl methyl sites for hydroxylation is 1. The molecule has 85 valence electrons. The van der Waals surface area contributed by atoms with E-state index in [1.807, 2.05) is 6.07 Å². The zero-order chi connectivity index (χ0) is 11.4. The standard InChI is InChI=1S/C14H18NO/c1-2-3-4-5-11-6-8-13-12(10-11)7-9-14(16)15-13/h5-6,8,10H,2-4,7,9H2,1H3,(H,15,16). The first-order chi connectivity index (χ1) is 7.79. The van der Waals surface area contributed by atoms with Crippen LogP contribution in [0.25, 0.3) is 0 Å². The second-order valence-corrected chi connectivity index (χ2v) is 4.31. The van der Waals surface area contributed by atoms with Crippen LogP contribution in [0, 0.1) is 6.42 Å². The number of unbranched alkanes of at least 4 members (excludes halogenated alkanes) is 2. The fraction of sp³-hybridized carbons (Fsp3) is 0.429. The molecule has 0 atom stereocenters. The number of carbonyl (C=O) groups is 1. The lowest BCUT2D eigenvalue weighted by atomic mass is 9.98. The molecule has 2 rings (SSSR count). The maximum atomic E-state index is 11.2. The second kappa shape index (κ2) is 5.15. The lowest BCUT2D eigenvalue weighted by Crippen LogP contribution is -2.18. The molecule has 0 aliphatic carbocycles. The third-order valence-corrected chi connectivity index (χ3v) is 2.96. The topological polar surface area (TPSA) is 29.1 Å². The number of hydrogen-bond donors (Lipinski definition) is 1. The smallest absolute Gasteiger partial charge is 0.224 e. The summed E-state index contributed by atoms with van der Waals surface area (Å²) >= 11 is 0. The fourth-order valence-corrected chi connectivity index (χ4v) is 2.00. The highest BCUT2D eigenvalue weighted by atomic mass is 16.1. The zero-order valence-corrected chi connectivity index (χ0v) is 9.75. The molecule has 1 heterocycles. The molecular formula is C14H18NO. The fourth-order valence-electron chi connectivity index (χ4n) is 2.00. The van der Waals surface area contributed by atoms with Crippen molar-refractivity contribution in [2.75, 3.05) is 5.32 Å². The highest BCUT2D eigenvalue weighted by molar-refractivity contribution is 5.93. The van der Waals surface area contributed by atoms with Crippen LogP contribution in [0.1, 0.15) is 43.7 Å². The summed E-state index contributed by atoms with van der Waals surface area (Å²) in [6, 6.07) is 6.30. The Balaban J connectivity index is 2.04. The molecule has 1 aromatic rings. The summed E-state index contributed by atoms with van der Waals surface area (Å²) in [5.74, 6) is 0.134. The van der Waals surface area contributed by atoms with Gasteiger partial charge >= 0.3 is 0 Å². The lowest BCUT2D eigenvalue weighted by Gasteiger charge is -2.17. The van der Waals surface area contributed by atoms with Gasteiger partial charge in [-0.2, -0.15) is 0 Å². The van der Waals surface area contributed by atoms with E-state index in [2.05, 4.69) is 30.8 Å². The maximum Gasteiger partial charge on any atom is 0.224 e. The number of rotatable bonds is 4. The predicted octanol–water partition coefficient (Wildman–Crippen LogP) is 3.31. The SMILES string of the molecule is CCCC[CH]c1ccc2c(c1)CCC(=O)N2. The number of fused-ring (bicyclic) bond motifs is 1. The van der Waals surface area contributed by atoms with E-state index in [1.165, 1.54) is 24.0 Å². The minimum Gasteiger partial charge on any atom is -0.326 e. The van der Waals surface area contributed by atoms with E-state index < -0.39 is 0 Å². The Morgan fingerprint density at radius 3 is 3.06 bits per heavy atom. The summed E-state index contributed by atoms with van der Waals surface area (Å²) in [4.78, 5) is 11.2. The van der Waals surface area contributed by atoms with Crippen LogP contribution in [0.2, 0.25) is 0 Å². The van der Waals surface area contributed by atoms with Crippen LogP contribution in [-0.4, -0.2) is 5.91 Å². The van der Waals surface area contributed by atoms with Gasteiger partial charge in [0.05, 0.1) is 0 Å². The minimum atomic E-state index is 0.134. The van der Waals surface area contributed by atoms with E-state index in [0.29, 0.717) is 6.42 Å². The molecule has 16 heavy (non-hydrogen) atoms. The molecule has 1 aliphatic rings. The summed E-state index contributed by atoms with van der Waals surface area (Å²) in [6.07, 6.45) is 7.38. The second-order valence-electron chi connectivity index (χ2n) is 4.31. The third kappa shape index (κ3) is 2.63. The number of benzene rings is 1. The van der Waals surface area contributed by atoms with Crippen molar-refractivity contribution in [1.82, 2.24) is 0 Å². The lowest BCUT2D eigenvalue weighted by molar-refractivity contribution is -0.116. The van der Waals surface area contributed by atoms with Crippen molar-refractivity contribution in [2.24, 2.45) is 0 Å². The first-order valence-electron chi connectivity index (χ1n) is 6.05. The van der Waals surface area contributed by atoms with Crippen LogP contribution in [-0.2, 0) is 11.2 Å². The third-order valence-electron chi connectivity index (χ3n) is 2.96. The molecule has 0 aromatic heterocycles. The van der Waals surface area contributed by atoms with Gasteiger partial charge in [0.1, 0.15) is 0 Å². The van der Waals surface area contributed by atoms with Crippen molar-refractivity contribution in [3.05, 3.63) is 35.7 Å². The summed E-state index contributed by atoms with van der Waals surface area (Å²) in [7, 11) is 0. The van der Waals surface area contributed by atoms with Crippen LogP contribution in [0.4, 0.5) is 5.69 Å². The van der Waals surface area contributed by atoms with Crippen molar-refractivity contribution in [2.45, 2.75) is 39.0 Å². The largest absolute Gasteiger partial charge is 0.326 e. The monoisotopic (exact) mass is 216 g/mol. The molecule has 1 N–H and O–H groups in total. The molecule has 1 aromatic carbocycles. The average molecular weight is 216 g/mol. The normalized spacial score (nSPS) is 14.4.